The van der Waals surface area contributed by atoms with E-state index in [4.69, 9.17) is 11.6 Å². The minimum absolute atomic E-state index is 0.0636. The molecular formula is C27H32ClN3O4S. The molecule has 0 saturated heterocycles. The summed E-state index contributed by atoms with van der Waals surface area (Å²) in [7, 11) is -3.82. The maximum Gasteiger partial charge on any atom is 0.244 e. The van der Waals surface area contributed by atoms with Crippen molar-refractivity contribution in [3.63, 3.8) is 0 Å². The maximum absolute atomic E-state index is 13.7. The normalized spacial score (nSPS) is 13.1. The van der Waals surface area contributed by atoms with E-state index in [1.807, 2.05) is 50.2 Å². The third-order valence-electron chi connectivity index (χ3n) is 6.12. The number of hydrogen-bond donors (Lipinski definition) is 1. The molecule has 0 aliphatic carbocycles. The lowest BCUT2D eigenvalue weighted by Crippen LogP contribution is -2.52. The minimum Gasteiger partial charge on any atom is -0.352 e. The fraction of sp³-hybridized carbons (Fsp3) is 0.333. The third kappa shape index (κ3) is 6.77. The maximum atomic E-state index is 13.7. The highest BCUT2D eigenvalue weighted by atomic mass is 35.5. The summed E-state index contributed by atoms with van der Waals surface area (Å²) in [6.07, 6.45) is 1.81. The molecule has 2 unspecified atom stereocenters. The average molecular weight is 530 g/mol. The van der Waals surface area contributed by atoms with Crippen LogP contribution in [-0.2, 0) is 26.2 Å². The lowest BCUT2D eigenvalue weighted by atomic mass is 10.1. The molecule has 0 aromatic heterocycles. The zero-order chi connectivity index (χ0) is 26.5. The van der Waals surface area contributed by atoms with E-state index in [-0.39, 0.29) is 18.5 Å². The standard InChI is InChI=1S/C27H32ClN3O4S/c1-5-19(2)29-27(33)20(3)30(17-21-10-8-13-23(28)16-21)26(32)18-31(36(4,34)35)25-15-9-12-22-11-6-7-14-24(22)25/h6-16,19-20H,5,17-18H2,1-4H3,(H,29,33). The topological polar surface area (TPSA) is 86.8 Å². The van der Waals surface area contributed by atoms with Gasteiger partial charge in [-0.05, 0) is 49.4 Å². The van der Waals surface area contributed by atoms with Crippen molar-refractivity contribution in [3.05, 3.63) is 77.3 Å². The number of rotatable bonds is 10. The third-order valence-corrected chi connectivity index (χ3v) is 7.49. The highest BCUT2D eigenvalue weighted by molar-refractivity contribution is 7.92. The molecule has 0 aliphatic rings. The monoisotopic (exact) mass is 529 g/mol. The molecule has 3 aromatic carbocycles. The van der Waals surface area contributed by atoms with Gasteiger partial charge in [0.25, 0.3) is 0 Å². The summed E-state index contributed by atoms with van der Waals surface area (Å²) in [6, 6.07) is 18.8. The van der Waals surface area contributed by atoms with E-state index in [2.05, 4.69) is 5.32 Å². The van der Waals surface area contributed by atoms with Gasteiger partial charge in [0.15, 0.2) is 0 Å². The van der Waals surface area contributed by atoms with E-state index in [9.17, 15) is 18.0 Å². The Morgan fingerprint density at radius 2 is 1.67 bits per heavy atom. The van der Waals surface area contributed by atoms with Crippen LogP contribution in [-0.4, -0.2) is 50.0 Å². The van der Waals surface area contributed by atoms with Crippen molar-refractivity contribution in [2.45, 2.75) is 45.8 Å². The predicted molar refractivity (Wildman–Crippen MR) is 145 cm³/mol. The molecule has 3 rings (SSSR count). The summed E-state index contributed by atoms with van der Waals surface area (Å²) in [5.74, 6) is -0.809. The van der Waals surface area contributed by atoms with E-state index in [0.717, 1.165) is 27.9 Å². The highest BCUT2D eigenvalue weighted by Gasteiger charge is 2.31. The lowest BCUT2D eigenvalue weighted by Gasteiger charge is -2.32. The molecule has 7 nitrogen and oxygen atoms in total. The molecule has 0 fully saturated rings. The predicted octanol–water partition coefficient (Wildman–Crippen LogP) is 4.59. The van der Waals surface area contributed by atoms with Gasteiger partial charge in [0.1, 0.15) is 12.6 Å². The molecule has 0 saturated carbocycles. The Kier molecular flexibility index (Phi) is 8.98. The van der Waals surface area contributed by atoms with Gasteiger partial charge >= 0.3 is 0 Å². The van der Waals surface area contributed by atoms with Crippen molar-refractivity contribution in [2.75, 3.05) is 17.1 Å². The molecule has 0 radical (unpaired) electrons. The second-order valence-corrected chi connectivity index (χ2v) is 11.3. The number of fused-ring (bicyclic) bond motifs is 1. The number of nitrogens with zero attached hydrogens (tertiary/aromatic N) is 2. The number of sulfonamides is 1. The number of hydrogen-bond acceptors (Lipinski definition) is 4. The molecule has 0 aliphatic heterocycles. The van der Waals surface area contributed by atoms with Gasteiger partial charge in [0, 0.05) is 23.0 Å². The molecule has 2 atom stereocenters. The van der Waals surface area contributed by atoms with Crippen LogP contribution in [0.5, 0.6) is 0 Å². The van der Waals surface area contributed by atoms with Crippen molar-refractivity contribution in [3.8, 4) is 0 Å². The van der Waals surface area contributed by atoms with Crippen LogP contribution in [0.25, 0.3) is 10.8 Å². The van der Waals surface area contributed by atoms with Crippen LogP contribution >= 0.6 is 11.6 Å². The number of nitrogens with one attached hydrogen (secondary N) is 1. The average Bonchev–Trinajstić information content (AvgIpc) is 2.84. The fourth-order valence-electron chi connectivity index (χ4n) is 3.90. The summed E-state index contributed by atoms with van der Waals surface area (Å²) in [5.41, 5.74) is 1.14. The summed E-state index contributed by atoms with van der Waals surface area (Å²) >= 11 is 6.15. The van der Waals surface area contributed by atoms with Crippen molar-refractivity contribution in [1.82, 2.24) is 10.2 Å². The number of anilines is 1. The van der Waals surface area contributed by atoms with Crippen LogP contribution in [0.4, 0.5) is 5.69 Å². The van der Waals surface area contributed by atoms with Crippen molar-refractivity contribution in [2.24, 2.45) is 0 Å². The Morgan fingerprint density at radius 3 is 2.33 bits per heavy atom. The zero-order valence-electron chi connectivity index (χ0n) is 20.9. The second kappa shape index (κ2) is 11.8. The van der Waals surface area contributed by atoms with Gasteiger partial charge in [-0.25, -0.2) is 8.42 Å². The van der Waals surface area contributed by atoms with Gasteiger partial charge in [0.05, 0.1) is 11.9 Å². The smallest absolute Gasteiger partial charge is 0.244 e. The van der Waals surface area contributed by atoms with Gasteiger partial charge in [-0.3, -0.25) is 13.9 Å². The Labute approximate surface area is 218 Å². The van der Waals surface area contributed by atoms with Crippen LogP contribution in [0.2, 0.25) is 5.02 Å². The minimum atomic E-state index is -3.82. The number of benzene rings is 3. The quantitative estimate of drug-likeness (QED) is 0.416. The highest BCUT2D eigenvalue weighted by Crippen LogP contribution is 2.28. The molecule has 9 heteroatoms. The first-order chi connectivity index (χ1) is 17.0. The molecule has 0 spiro atoms. The second-order valence-electron chi connectivity index (χ2n) is 8.91. The van der Waals surface area contributed by atoms with E-state index in [0.29, 0.717) is 16.1 Å². The van der Waals surface area contributed by atoms with E-state index in [1.165, 1.54) is 4.90 Å². The van der Waals surface area contributed by atoms with Gasteiger partial charge in [-0.2, -0.15) is 0 Å². The summed E-state index contributed by atoms with van der Waals surface area (Å²) in [5, 5.41) is 4.98. The molecular weight excluding hydrogens is 498 g/mol. The first kappa shape index (κ1) is 27.5. The molecule has 36 heavy (non-hydrogen) atoms. The number of amides is 2. The van der Waals surface area contributed by atoms with Crippen LogP contribution < -0.4 is 9.62 Å². The fourth-order valence-corrected chi connectivity index (χ4v) is 4.98. The molecule has 192 valence electrons. The van der Waals surface area contributed by atoms with Gasteiger partial charge in [0.2, 0.25) is 21.8 Å². The molecule has 2 amide bonds. The number of halogens is 1. The van der Waals surface area contributed by atoms with Gasteiger partial charge in [-0.1, -0.05) is 67.1 Å². The Hall–Kier alpha value is -3.10. The van der Waals surface area contributed by atoms with E-state index in [1.54, 1.807) is 37.3 Å². The van der Waals surface area contributed by atoms with Crippen LogP contribution in [0, 0.1) is 0 Å². The lowest BCUT2D eigenvalue weighted by molar-refractivity contribution is -0.139. The summed E-state index contributed by atoms with van der Waals surface area (Å²) < 4.78 is 26.9. The van der Waals surface area contributed by atoms with E-state index < -0.39 is 28.5 Å². The Bertz CT molecular complexity index is 1340. The summed E-state index contributed by atoms with van der Waals surface area (Å²) in [4.78, 5) is 28.1. The molecule has 0 bridgehead atoms. The van der Waals surface area contributed by atoms with Crippen molar-refractivity contribution >= 4 is 49.9 Å². The Balaban J connectivity index is 1.99. The first-order valence-electron chi connectivity index (χ1n) is 11.8. The van der Waals surface area contributed by atoms with E-state index >= 15 is 0 Å². The van der Waals surface area contributed by atoms with Crippen LogP contribution in [0.1, 0.15) is 32.8 Å². The van der Waals surface area contributed by atoms with Gasteiger partial charge < -0.3 is 10.2 Å². The van der Waals surface area contributed by atoms with Crippen molar-refractivity contribution in [1.29, 1.82) is 0 Å². The SMILES string of the molecule is CCC(C)NC(=O)C(C)N(Cc1cccc(Cl)c1)C(=O)CN(c1cccc2ccccc12)S(C)(=O)=O. The number of carbonyl (C=O) groups excluding carboxylic acids is 2. The first-order valence-corrected chi connectivity index (χ1v) is 14.0. The van der Waals surface area contributed by atoms with Crippen LogP contribution in [0.15, 0.2) is 66.7 Å². The largest absolute Gasteiger partial charge is 0.352 e. The van der Waals surface area contributed by atoms with Gasteiger partial charge in [-0.15, -0.1) is 0 Å². The zero-order valence-corrected chi connectivity index (χ0v) is 22.5. The van der Waals surface area contributed by atoms with Crippen molar-refractivity contribution < 1.29 is 18.0 Å². The van der Waals surface area contributed by atoms with Crippen LogP contribution in [0.3, 0.4) is 0 Å². The molecule has 3 aromatic rings. The molecule has 1 N–H and O–H groups in total. The molecule has 0 heterocycles. The summed E-state index contributed by atoms with van der Waals surface area (Å²) in [6.45, 7) is 5.14. The Morgan fingerprint density at radius 1 is 1.00 bits per heavy atom. The number of carbonyl (C=O) groups is 2.